The minimum atomic E-state index is -0.918. The normalized spacial score (nSPS) is 13.8. The molecule has 2 aliphatic carbocycles. The van der Waals surface area contributed by atoms with E-state index in [-0.39, 0.29) is 17.0 Å². The van der Waals surface area contributed by atoms with Crippen LogP contribution in [0.1, 0.15) is 47.2 Å². The summed E-state index contributed by atoms with van der Waals surface area (Å²) >= 11 is 1.82. The average Bonchev–Trinajstić information content (AvgIpc) is 3.97. The molecule has 0 bridgehead atoms. The summed E-state index contributed by atoms with van der Waals surface area (Å²) in [5, 5.41) is 2.41. The van der Waals surface area contributed by atoms with E-state index in [1.165, 1.54) is 54.6 Å². The van der Waals surface area contributed by atoms with Gasteiger partial charge in [0, 0.05) is 42.5 Å². The van der Waals surface area contributed by atoms with E-state index in [1.807, 2.05) is 41.7 Å². The second-order valence-corrected chi connectivity index (χ2v) is 19.7. The number of para-hydroxylation sites is 1. The Morgan fingerprint density at radius 3 is 1.66 bits per heavy atom. The van der Waals surface area contributed by atoms with Crippen LogP contribution < -0.4 is 4.90 Å². The molecule has 0 radical (unpaired) electrons. The molecule has 0 N–H and O–H groups in total. The van der Waals surface area contributed by atoms with Crippen LogP contribution in [-0.4, -0.2) is 0 Å². The highest BCUT2D eigenvalue weighted by atomic mass is 32.1. The van der Waals surface area contributed by atoms with Crippen molar-refractivity contribution in [3.63, 3.8) is 0 Å². The number of benzene rings is 10. The van der Waals surface area contributed by atoms with Gasteiger partial charge in [-0.1, -0.05) is 184 Å². The lowest BCUT2D eigenvalue weighted by molar-refractivity contribution is 0.616. The maximum atomic E-state index is 15.3. The van der Waals surface area contributed by atoms with Crippen LogP contribution in [0, 0.1) is 11.6 Å². The van der Waals surface area contributed by atoms with Crippen molar-refractivity contribution in [3.05, 3.63) is 269 Å². The molecule has 1 heterocycles. The first-order chi connectivity index (χ1) is 33.3. The molecule has 0 saturated carbocycles. The van der Waals surface area contributed by atoms with Crippen LogP contribution in [0.15, 0.2) is 224 Å². The van der Waals surface area contributed by atoms with Gasteiger partial charge in [0.25, 0.3) is 0 Å². The molecule has 0 spiro atoms. The zero-order chi connectivity index (χ0) is 45.7. The van der Waals surface area contributed by atoms with Gasteiger partial charge in [-0.2, -0.15) is 0 Å². The monoisotopic (exact) mass is 895 g/mol. The van der Waals surface area contributed by atoms with Gasteiger partial charge in [-0.05, 0) is 127 Å². The van der Waals surface area contributed by atoms with Crippen LogP contribution in [0.25, 0.3) is 64.7 Å². The van der Waals surface area contributed by atoms with E-state index >= 15 is 8.78 Å². The van der Waals surface area contributed by atoms with E-state index in [0.717, 1.165) is 72.7 Å². The van der Waals surface area contributed by atoms with Crippen molar-refractivity contribution in [3.8, 4) is 44.5 Å². The lowest BCUT2D eigenvalue weighted by Gasteiger charge is -2.34. The molecule has 0 aliphatic heterocycles. The van der Waals surface area contributed by atoms with Crippen LogP contribution in [0.5, 0.6) is 0 Å². The topological polar surface area (TPSA) is 3.24 Å². The Morgan fingerprint density at radius 1 is 0.382 bits per heavy atom. The fraction of sp³-hybridized carbons (Fsp3) is 0.0625. The number of fused-ring (bicyclic) bond motifs is 9. The second kappa shape index (κ2) is 15.3. The fourth-order valence-electron chi connectivity index (χ4n) is 11.6. The minimum Gasteiger partial charge on any atom is -0.310 e. The predicted molar refractivity (Wildman–Crippen MR) is 280 cm³/mol. The summed E-state index contributed by atoms with van der Waals surface area (Å²) < 4.78 is 33.1. The number of hydrogen-bond acceptors (Lipinski definition) is 2. The highest BCUT2D eigenvalue weighted by molar-refractivity contribution is 7.26. The van der Waals surface area contributed by atoms with Gasteiger partial charge in [0.1, 0.15) is 11.6 Å². The zero-order valence-electron chi connectivity index (χ0n) is 37.5. The number of halogens is 2. The molecule has 2 aliphatic rings. The average molecular weight is 896 g/mol. The van der Waals surface area contributed by atoms with Crippen molar-refractivity contribution in [1.82, 2.24) is 0 Å². The molecule has 68 heavy (non-hydrogen) atoms. The Hall–Kier alpha value is -7.92. The van der Waals surface area contributed by atoms with Crippen LogP contribution >= 0.6 is 11.3 Å². The van der Waals surface area contributed by atoms with E-state index in [0.29, 0.717) is 0 Å². The Morgan fingerprint density at radius 2 is 0.926 bits per heavy atom. The van der Waals surface area contributed by atoms with Gasteiger partial charge in [-0.3, -0.25) is 0 Å². The van der Waals surface area contributed by atoms with Crippen LogP contribution in [0.3, 0.4) is 0 Å². The third-order valence-electron chi connectivity index (χ3n) is 14.7. The van der Waals surface area contributed by atoms with Crippen LogP contribution in [0.4, 0.5) is 25.8 Å². The lowest BCUT2D eigenvalue weighted by Crippen LogP contribution is -2.28. The third kappa shape index (κ3) is 5.97. The summed E-state index contributed by atoms with van der Waals surface area (Å²) in [7, 11) is 0. The molecule has 11 aromatic rings. The van der Waals surface area contributed by atoms with Gasteiger partial charge in [-0.15, -0.1) is 11.3 Å². The second-order valence-electron chi connectivity index (χ2n) is 18.7. The highest BCUT2D eigenvalue weighted by Gasteiger charge is 2.46. The molecule has 4 heteroatoms. The number of nitrogens with zero attached hydrogens (tertiary/aromatic N) is 1. The Kier molecular flexibility index (Phi) is 9.09. The number of rotatable bonds is 7. The summed E-state index contributed by atoms with van der Waals surface area (Å²) in [6.45, 7) is 4.68. The highest BCUT2D eigenvalue weighted by Crippen LogP contribution is 2.57. The molecular formula is C64H43F2NS. The first-order valence-corrected chi connectivity index (χ1v) is 24.0. The van der Waals surface area contributed by atoms with Gasteiger partial charge in [0.15, 0.2) is 0 Å². The van der Waals surface area contributed by atoms with Crippen molar-refractivity contribution >= 4 is 48.6 Å². The summed E-state index contributed by atoms with van der Waals surface area (Å²) in [5.74, 6) is -0.640. The Bertz CT molecular complexity index is 3740. The molecule has 10 aromatic carbocycles. The SMILES string of the molecule is CC1(C)c2ccccc2-c2ccc(N(c3ccc4c(c3)sc3c(-c5ccc(C6(c7ccccc7)c7cc(F)ccc7-c7ccc(F)cc76)cc5)cccc34)c3ccccc3-c3ccccc3)cc21. The lowest BCUT2D eigenvalue weighted by atomic mass is 9.67. The Labute approximate surface area is 398 Å². The molecule has 324 valence electrons. The first kappa shape index (κ1) is 40.4. The molecule has 1 nitrogen and oxygen atoms in total. The van der Waals surface area contributed by atoms with Crippen molar-refractivity contribution in [2.45, 2.75) is 24.7 Å². The summed E-state index contributed by atoms with van der Waals surface area (Å²) in [5.41, 5.74) is 17.4. The smallest absolute Gasteiger partial charge is 0.123 e. The fourth-order valence-corrected chi connectivity index (χ4v) is 12.9. The number of anilines is 3. The largest absolute Gasteiger partial charge is 0.310 e. The first-order valence-electron chi connectivity index (χ1n) is 23.2. The molecule has 0 amide bonds. The standard InChI is InChI=1S/C64H43F2NS/c1-63(2)56-22-11-9-19-50(56)51-34-30-46(38-57(51)63)67(60-23-12-10-18-48(60)40-14-5-3-6-15-40)47-31-35-54-55-21-13-20-49(62(55)68-61(54)39-47)41-24-26-43(27-25-41)64(42-16-7-4-8-17-42)58-36-44(65)28-32-52(58)53-33-29-45(66)37-59(53)64/h3-39H,1-2H3. The van der Waals surface area contributed by atoms with Gasteiger partial charge in [0.2, 0.25) is 0 Å². The quantitative estimate of drug-likeness (QED) is 0.154. The van der Waals surface area contributed by atoms with E-state index in [2.05, 4.69) is 189 Å². The molecule has 13 rings (SSSR count). The Balaban J connectivity index is 0.954. The molecule has 0 saturated heterocycles. The van der Waals surface area contributed by atoms with Gasteiger partial charge >= 0.3 is 0 Å². The predicted octanol–water partition coefficient (Wildman–Crippen LogP) is 17.8. The molecule has 0 atom stereocenters. The maximum Gasteiger partial charge on any atom is 0.123 e. The minimum absolute atomic E-state index is 0.152. The van der Waals surface area contributed by atoms with E-state index in [4.69, 9.17) is 0 Å². The third-order valence-corrected chi connectivity index (χ3v) is 15.9. The molecular weight excluding hydrogens is 853 g/mol. The van der Waals surface area contributed by atoms with Crippen molar-refractivity contribution in [2.75, 3.05) is 4.90 Å². The summed E-state index contributed by atoms with van der Waals surface area (Å²) in [6.07, 6.45) is 0. The van der Waals surface area contributed by atoms with Gasteiger partial charge in [-0.25, -0.2) is 8.78 Å². The van der Waals surface area contributed by atoms with Crippen molar-refractivity contribution in [2.24, 2.45) is 0 Å². The zero-order valence-corrected chi connectivity index (χ0v) is 38.3. The van der Waals surface area contributed by atoms with Crippen molar-refractivity contribution < 1.29 is 8.78 Å². The number of thiophene rings is 1. The molecule has 1 aromatic heterocycles. The summed E-state index contributed by atoms with van der Waals surface area (Å²) in [6, 6.07) is 77.5. The van der Waals surface area contributed by atoms with Gasteiger partial charge in [0.05, 0.1) is 11.1 Å². The molecule has 0 fully saturated rings. The summed E-state index contributed by atoms with van der Waals surface area (Å²) in [4.78, 5) is 2.44. The maximum absolute atomic E-state index is 15.3. The van der Waals surface area contributed by atoms with E-state index < -0.39 is 5.41 Å². The number of hydrogen-bond donors (Lipinski definition) is 0. The van der Waals surface area contributed by atoms with E-state index in [9.17, 15) is 0 Å². The van der Waals surface area contributed by atoms with Crippen LogP contribution in [-0.2, 0) is 10.8 Å². The van der Waals surface area contributed by atoms with Crippen molar-refractivity contribution in [1.29, 1.82) is 0 Å². The van der Waals surface area contributed by atoms with E-state index in [1.54, 1.807) is 12.1 Å². The van der Waals surface area contributed by atoms with Gasteiger partial charge < -0.3 is 4.90 Å². The van der Waals surface area contributed by atoms with Crippen LogP contribution in [0.2, 0.25) is 0 Å². The molecule has 0 unspecified atom stereocenters.